The minimum atomic E-state index is -0.434. The molecule has 0 spiro atoms. The standard InChI is InChI=1S/C31H34O10/c32-31-6-5-25-21-29-30(22-26(25)41-31)40-18-14-36-10-9-34-12-16-38-28-20-24-4-2-1-3-23(24)19-27(28)37-15-11-33-7-8-35-13-17-39-29/h1-6,19-22H,7-18H2. The van der Waals surface area contributed by atoms with Gasteiger partial charge in [-0.3, -0.25) is 0 Å². The van der Waals surface area contributed by atoms with Crippen LogP contribution in [0.25, 0.3) is 21.7 Å². The summed E-state index contributed by atoms with van der Waals surface area (Å²) in [4.78, 5) is 11.7. The highest BCUT2D eigenvalue weighted by atomic mass is 16.6. The molecule has 0 fully saturated rings. The molecule has 10 nitrogen and oxygen atoms in total. The van der Waals surface area contributed by atoms with Crippen LogP contribution in [0.3, 0.4) is 0 Å². The molecule has 4 aromatic rings. The Morgan fingerprint density at radius 1 is 0.415 bits per heavy atom. The summed E-state index contributed by atoms with van der Waals surface area (Å²) in [6.45, 7) is 4.49. The Labute approximate surface area is 237 Å². The van der Waals surface area contributed by atoms with Crippen LogP contribution in [0.4, 0.5) is 0 Å². The SMILES string of the molecule is O=c1ccc2cc3c(cc2o1)OCCOCCOCCOc1cc2ccccc2cc1OCCOCCOCCO3. The lowest BCUT2D eigenvalue weighted by molar-refractivity contribution is 0.0224. The molecule has 0 saturated heterocycles. The molecule has 0 unspecified atom stereocenters. The van der Waals surface area contributed by atoms with E-state index in [9.17, 15) is 4.79 Å². The number of benzene rings is 3. The molecule has 0 saturated carbocycles. The van der Waals surface area contributed by atoms with E-state index in [0.717, 1.165) is 16.2 Å². The summed E-state index contributed by atoms with van der Waals surface area (Å²) < 4.78 is 51.7. The van der Waals surface area contributed by atoms with Crippen LogP contribution in [0, 0.1) is 0 Å². The largest absolute Gasteiger partial charge is 0.487 e. The number of fused-ring (bicyclic) bond motifs is 4. The average Bonchev–Trinajstić information content (AvgIpc) is 2.98. The van der Waals surface area contributed by atoms with Crippen molar-refractivity contribution in [2.24, 2.45) is 0 Å². The van der Waals surface area contributed by atoms with Crippen LogP contribution in [-0.2, 0) is 18.9 Å². The van der Waals surface area contributed by atoms with Crippen molar-refractivity contribution in [1.29, 1.82) is 0 Å². The van der Waals surface area contributed by atoms with E-state index >= 15 is 0 Å². The van der Waals surface area contributed by atoms with Gasteiger partial charge in [0, 0.05) is 17.5 Å². The Hall–Kier alpha value is -3.83. The second-order valence-corrected chi connectivity index (χ2v) is 9.08. The smallest absolute Gasteiger partial charge is 0.336 e. The van der Waals surface area contributed by atoms with Crippen LogP contribution in [-0.4, -0.2) is 79.3 Å². The predicted molar refractivity (Wildman–Crippen MR) is 152 cm³/mol. The van der Waals surface area contributed by atoms with Crippen LogP contribution in [0.1, 0.15) is 0 Å². The van der Waals surface area contributed by atoms with Gasteiger partial charge in [-0.15, -0.1) is 0 Å². The molecule has 1 aliphatic heterocycles. The van der Waals surface area contributed by atoms with Gasteiger partial charge in [0.1, 0.15) is 32.0 Å². The third-order valence-electron chi connectivity index (χ3n) is 6.18. The first-order valence-electron chi connectivity index (χ1n) is 13.7. The Kier molecular flexibility index (Phi) is 10.7. The Balaban J connectivity index is 1.18. The van der Waals surface area contributed by atoms with E-state index in [1.165, 1.54) is 6.07 Å². The molecule has 0 amide bonds. The van der Waals surface area contributed by atoms with Crippen molar-refractivity contribution in [1.82, 2.24) is 0 Å². The van der Waals surface area contributed by atoms with Crippen molar-refractivity contribution >= 4 is 21.7 Å². The maximum atomic E-state index is 11.7. The van der Waals surface area contributed by atoms with E-state index in [0.29, 0.717) is 101 Å². The van der Waals surface area contributed by atoms with Crippen molar-refractivity contribution in [2.75, 3.05) is 79.3 Å². The molecule has 1 aromatic heterocycles. The molecule has 0 N–H and O–H groups in total. The quantitative estimate of drug-likeness (QED) is 0.287. The first-order chi connectivity index (χ1) is 20.3. The van der Waals surface area contributed by atoms with Gasteiger partial charge in [0.05, 0.1) is 52.9 Å². The topological polar surface area (TPSA) is 104 Å². The molecule has 3 aromatic carbocycles. The van der Waals surface area contributed by atoms with E-state index < -0.39 is 5.63 Å². The van der Waals surface area contributed by atoms with Crippen LogP contribution < -0.4 is 24.6 Å². The maximum Gasteiger partial charge on any atom is 0.336 e. The fourth-order valence-electron chi connectivity index (χ4n) is 4.21. The third kappa shape index (κ3) is 8.58. The zero-order valence-electron chi connectivity index (χ0n) is 22.8. The number of rotatable bonds is 0. The lowest BCUT2D eigenvalue weighted by Gasteiger charge is -2.15. The first kappa shape index (κ1) is 28.7. The van der Waals surface area contributed by atoms with Crippen LogP contribution >= 0.6 is 0 Å². The van der Waals surface area contributed by atoms with Gasteiger partial charge in [-0.2, -0.15) is 0 Å². The number of ether oxygens (including phenoxy) is 8. The molecular weight excluding hydrogens is 532 g/mol. The Morgan fingerprint density at radius 3 is 1.27 bits per heavy atom. The highest BCUT2D eigenvalue weighted by Crippen LogP contribution is 2.33. The summed E-state index contributed by atoms with van der Waals surface area (Å²) in [5.74, 6) is 2.29. The van der Waals surface area contributed by atoms with Gasteiger partial charge in [0.2, 0.25) is 0 Å². The Bertz CT molecular complexity index is 1450. The van der Waals surface area contributed by atoms with Gasteiger partial charge < -0.3 is 42.3 Å². The van der Waals surface area contributed by atoms with Crippen molar-refractivity contribution < 1.29 is 42.3 Å². The Morgan fingerprint density at radius 2 is 0.805 bits per heavy atom. The average molecular weight is 567 g/mol. The lowest BCUT2D eigenvalue weighted by Crippen LogP contribution is -2.15. The van der Waals surface area contributed by atoms with Gasteiger partial charge in [-0.1, -0.05) is 24.3 Å². The molecule has 10 heteroatoms. The second-order valence-electron chi connectivity index (χ2n) is 9.08. The van der Waals surface area contributed by atoms with Crippen LogP contribution in [0.15, 0.2) is 69.9 Å². The fraction of sp³-hybridized carbons (Fsp3) is 0.387. The molecule has 218 valence electrons. The van der Waals surface area contributed by atoms with Crippen molar-refractivity contribution in [2.45, 2.75) is 0 Å². The first-order valence-corrected chi connectivity index (χ1v) is 13.7. The van der Waals surface area contributed by atoms with E-state index in [1.54, 1.807) is 18.2 Å². The van der Waals surface area contributed by atoms with Crippen molar-refractivity contribution in [3.63, 3.8) is 0 Å². The third-order valence-corrected chi connectivity index (χ3v) is 6.18. The van der Waals surface area contributed by atoms with Gasteiger partial charge in [0.25, 0.3) is 0 Å². The zero-order valence-corrected chi connectivity index (χ0v) is 22.8. The van der Waals surface area contributed by atoms with E-state index in [1.807, 2.05) is 36.4 Å². The van der Waals surface area contributed by atoms with Crippen molar-refractivity contribution in [3.8, 4) is 23.0 Å². The summed E-state index contributed by atoms with van der Waals surface area (Å²) >= 11 is 0. The summed E-state index contributed by atoms with van der Waals surface area (Å²) in [6.07, 6.45) is 0. The van der Waals surface area contributed by atoms with E-state index in [-0.39, 0.29) is 6.61 Å². The van der Waals surface area contributed by atoms with Gasteiger partial charge >= 0.3 is 5.63 Å². The molecule has 41 heavy (non-hydrogen) atoms. The molecule has 2 heterocycles. The number of hydrogen-bond acceptors (Lipinski definition) is 10. The minimum absolute atomic E-state index is 0.278. The summed E-state index contributed by atoms with van der Waals surface area (Å²) in [6, 6.07) is 18.5. The van der Waals surface area contributed by atoms with E-state index in [4.69, 9.17) is 42.3 Å². The van der Waals surface area contributed by atoms with Crippen molar-refractivity contribution in [3.05, 3.63) is 71.1 Å². The normalized spacial score (nSPS) is 17.1. The minimum Gasteiger partial charge on any atom is -0.487 e. The number of hydrogen-bond donors (Lipinski definition) is 0. The highest BCUT2D eigenvalue weighted by Gasteiger charge is 2.11. The monoisotopic (exact) mass is 566 g/mol. The van der Waals surface area contributed by atoms with Gasteiger partial charge in [0.15, 0.2) is 23.0 Å². The fourth-order valence-corrected chi connectivity index (χ4v) is 4.21. The molecule has 0 bridgehead atoms. The zero-order chi connectivity index (χ0) is 28.1. The molecule has 0 aliphatic carbocycles. The molecule has 1 aliphatic rings. The lowest BCUT2D eigenvalue weighted by atomic mass is 10.1. The summed E-state index contributed by atoms with van der Waals surface area (Å²) in [5, 5.41) is 2.86. The van der Waals surface area contributed by atoms with Gasteiger partial charge in [-0.05, 0) is 35.0 Å². The maximum absolute atomic E-state index is 11.7. The molecule has 0 atom stereocenters. The van der Waals surface area contributed by atoms with Crippen LogP contribution in [0.2, 0.25) is 0 Å². The van der Waals surface area contributed by atoms with Crippen LogP contribution in [0.5, 0.6) is 23.0 Å². The molecule has 0 radical (unpaired) electrons. The molecule has 5 rings (SSSR count). The highest BCUT2D eigenvalue weighted by molar-refractivity contribution is 5.86. The summed E-state index contributed by atoms with van der Waals surface area (Å²) in [5.41, 5.74) is -0.0190. The van der Waals surface area contributed by atoms with E-state index in [2.05, 4.69) is 0 Å². The van der Waals surface area contributed by atoms with Gasteiger partial charge in [-0.25, -0.2) is 4.79 Å². The molecular formula is C31H34O10. The summed E-state index contributed by atoms with van der Waals surface area (Å²) in [7, 11) is 0. The second kappa shape index (κ2) is 15.2. The predicted octanol–water partition coefficient (Wildman–Crippen LogP) is 4.24.